The quantitative estimate of drug-likeness (QED) is 0.842. The van der Waals surface area contributed by atoms with Gasteiger partial charge >= 0.3 is 0 Å². The number of hydrogen-bond acceptors (Lipinski definition) is 4. The Kier molecular flexibility index (Phi) is 5.39. The van der Waals surface area contributed by atoms with E-state index in [0.29, 0.717) is 12.5 Å². The summed E-state index contributed by atoms with van der Waals surface area (Å²) in [4.78, 5) is 19.7. The minimum Gasteiger partial charge on any atom is -0.495 e. The maximum absolute atomic E-state index is 13.0. The Balaban J connectivity index is 1.46. The zero-order valence-corrected chi connectivity index (χ0v) is 15.9. The first kappa shape index (κ1) is 18.0. The zero-order valence-electron chi connectivity index (χ0n) is 15.9. The summed E-state index contributed by atoms with van der Waals surface area (Å²) in [5, 5.41) is 3.15. The van der Waals surface area contributed by atoms with Crippen molar-refractivity contribution in [3.8, 4) is 5.75 Å². The summed E-state index contributed by atoms with van der Waals surface area (Å²) in [7, 11) is 1.66. The minimum atomic E-state index is -0.130. The van der Waals surface area contributed by atoms with Gasteiger partial charge < -0.3 is 10.1 Å². The molecule has 1 aromatic heterocycles. The lowest BCUT2D eigenvalue weighted by atomic mass is 10.0. The third-order valence-electron chi connectivity index (χ3n) is 5.54. The molecule has 2 aliphatic rings. The highest BCUT2D eigenvalue weighted by molar-refractivity contribution is 5.95. The Morgan fingerprint density at radius 1 is 1.22 bits per heavy atom. The number of carbonyl (C=O) groups is 1. The molecule has 1 saturated carbocycles. The van der Waals surface area contributed by atoms with Crippen LogP contribution in [0.25, 0.3) is 0 Å². The van der Waals surface area contributed by atoms with Gasteiger partial charge in [0.1, 0.15) is 5.75 Å². The predicted octanol–water partition coefficient (Wildman–Crippen LogP) is 3.96. The number of ether oxygens (including phenoxy) is 1. The van der Waals surface area contributed by atoms with E-state index in [2.05, 4.69) is 27.3 Å². The van der Waals surface area contributed by atoms with Crippen molar-refractivity contribution in [3.63, 3.8) is 0 Å². The van der Waals surface area contributed by atoms with Gasteiger partial charge in [0.2, 0.25) is 5.91 Å². The molecule has 2 aromatic rings. The summed E-state index contributed by atoms with van der Waals surface area (Å²) in [5.41, 5.74) is 3.13. The van der Waals surface area contributed by atoms with Crippen LogP contribution in [0.1, 0.15) is 49.3 Å². The van der Waals surface area contributed by atoms with Crippen LogP contribution in [0.15, 0.2) is 42.6 Å². The standard InChI is InChI=1S/C22H27N3O2/c1-27-21-9-5-12-23-19(21)15-25-13-3-2-8-20(25)22(26)24-18-7-4-6-17(14-18)16-10-11-16/h4-7,9,12,14,16,20H,2-3,8,10-11,13,15H2,1H3,(H,24,26)/t20-/m1/s1. The molecular weight excluding hydrogens is 338 g/mol. The molecule has 5 nitrogen and oxygen atoms in total. The van der Waals surface area contributed by atoms with E-state index in [1.165, 1.54) is 18.4 Å². The van der Waals surface area contributed by atoms with Crippen molar-refractivity contribution in [2.45, 2.75) is 50.6 Å². The molecule has 1 N–H and O–H groups in total. The van der Waals surface area contributed by atoms with Gasteiger partial charge in [0.15, 0.2) is 0 Å². The molecule has 0 bridgehead atoms. The maximum atomic E-state index is 13.0. The van der Waals surface area contributed by atoms with Crippen molar-refractivity contribution in [3.05, 3.63) is 53.9 Å². The Morgan fingerprint density at radius 3 is 2.93 bits per heavy atom. The number of anilines is 1. The van der Waals surface area contributed by atoms with Crippen LogP contribution in [-0.4, -0.2) is 35.5 Å². The van der Waals surface area contributed by atoms with Crippen molar-refractivity contribution in [1.29, 1.82) is 0 Å². The van der Waals surface area contributed by atoms with Gasteiger partial charge in [-0.25, -0.2) is 0 Å². The number of pyridine rings is 1. The molecule has 1 amide bonds. The summed E-state index contributed by atoms with van der Waals surface area (Å²) < 4.78 is 5.43. The number of piperidine rings is 1. The molecule has 2 fully saturated rings. The number of rotatable bonds is 6. The molecule has 2 heterocycles. The van der Waals surface area contributed by atoms with Crippen molar-refractivity contribution in [1.82, 2.24) is 9.88 Å². The fourth-order valence-electron chi connectivity index (χ4n) is 3.91. The second-order valence-electron chi connectivity index (χ2n) is 7.52. The number of aromatic nitrogens is 1. The molecule has 27 heavy (non-hydrogen) atoms. The second kappa shape index (κ2) is 8.09. The molecule has 1 saturated heterocycles. The van der Waals surface area contributed by atoms with Crippen molar-refractivity contribution >= 4 is 11.6 Å². The molecule has 0 radical (unpaired) electrons. The smallest absolute Gasteiger partial charge is 0.241 e. The Bertz CT molecular complexity index is 804. The molecule has 5 heteroatoms. The Labute approximate surface area is 160 Å². The third kappa shape index (κ3) is 4.30. The van der Waals surface area contributed by atoms with Crippen LogP contribution in [0, 0.1) is 0 Å². The Morgan fingerprint density at radius 2 is 2.11 bits per heavy atom. The number of hydrogen-bond donors (Lipinski definition) is 1. The summed E-state index contributed by atoms with van der Waals surface area (Å²) >= 11 is 0. The topological polar surface area (TPSA) is 54.5 Å². The molecule has 0 spiro atoms. The first-order valence-electron chi connectivity index (χ1n) is 9.87. The van der Waals surface area contributed by atoms with E-state index in [1.807, 2.05) is 24.3 Å². The lowest BCUT2D eigenvalue weighted by Crippen LogP contribution is -2.46. The summed E-state index contributed by atoms with van der Waals surface area (Å²) in [6.45, 7) is 1.53. The Hall–Kier alpha value is -2.40. The SMILES string of the molecule is COc1cccnc1CN1CCCC[C@@H]1C(=O)Nc1cccc(C2CC2)c1. The number of benzene rings is 1. The highest BCUT2D eigenvalue weighted by atomic mass is 16.5. The molecule has 0 unspecified atom stereocenters. The number of nitrogens with one attached hydrogen (secondary N) is 1. The fraction of sp³-hybridized carbons (Fsp3) is 0.455. The van der Waals surface area contributed by atoms with E-state index in [-0.39, 0.29) is 11.9 Å². The molecule has 4 rings (SSSR count). The summed E-state index contributed by atoms with van der Waals surface area (Å²) in [6.07, 6.45) is 7.37. The first-order chi connectivity index (χ1) is 13.2. The average Bonchev–Trinajstić information content (AvgIpc) is 3.54. The van der Waals surface area contributed by atoms with Gasteiger partial charge in [-0.1, -0.05) is 18.6 Å². The van der Waals surface area contributed by atoms with Crippen LogP contribution < -0.4 is 10.1 Å². The third-order valence-corrected chi connectivity index (χ3v) is 5.54. The maximum Gasteiger partial charge on any atom is 0.241 e. The second-order valence-corrected chi connectivity index (χ2v) is 7.52. The van der Waals surface area contributed by atoms with Gasteiger partial charge in [0.25, 0.3) is 0 Å². The lowest BCUT2D eigenvalue weighted by Gasteiger charge is -2.34. The highest BCUT2D eigenvalue weighted by Gasteiger charge is 2.30. The number of carbonyl (C=O) groups excluding carboxylic acids is 1. The predicted molar refractivity (Wildman–Crippen MR) is 106 cm³/mol. The molecule has 1 aromatic carbocycles. The number of likely N-dealkylation sites (tertiary alicyclic amines) is 1. The van der Waals surface area contributed by atoms with E-state index in [1.54, 1.807) is 13.3 Å². The zero-order chi connectivity index (χ0) is 18.6. The van der Waals surface area contributed by atoms with Crippen LogP contribution in [-0.2, 0) is 11.3 Å². The van der Waals surface area contributed by atoms with Crippen LogP contribution in [0.3, 0.4) is 0 Å². The van der Waals surface area contributed by atoms with E-state index in [9.17, 15) is 4.79 Å². The van der Waals surface area contributed by atoms with Crippen molar-refractivity contribution in [2.75, 3.05) is 19.0 Å². The van der Waals surface area contributed by atoms with Crippen LogP contribution in [0.4, 0.5) is 5.69 Å². The van der Waals surface area contributed by atoms with Gasteiger partial charge in [-0.05, 0) is 68.0 Å². The average molecular weight is 365 g/mol. The minimum absolute atomic E-state index is 0.0811. The number of methoxy groups -OCH3 is 1. The monoisotopic (exact) mass is 365 g/mol. The van der Waals surface area contributed by atoms with Gasteiger partial charge in [-0.15, -0.1) is 0 Å². The van der Waals surface area contributed by atoms with Gasteiger partial charge in [0.05, 0.1) is 18.8 Å². The normalized spacial score (nSPS) is 20.3. The molecule has 1 atom stereocenters. The summed E-state index contributed by atoms with van der Waals surface area (Å²) in [6, 6.07) is 12.0. The molecule has 142 valence electrons. The largest absolute Gasteiger partial charge is 0.495 e. The van der Waals surface area contributed by atoms with E-state index in [4.69, 9.17) is 4.74 Å². The van der Waals surface area contributed by atoms with Crippen molar-refractivity contribution < 1.29 is 9.53 Å². The molecular formula is C22H27N3O2. The fourth-order valence-corrected chi connectivity index (χ4v) is 3.91. The first-order valence-corrected chi connectivity index (χ1v) is 9.87. The molecule has 1 aliphatic heterocycles. The van der Waals surface area contributed by atoms with E-state index in [0.717, 1.165) is 42.9 Å². The number of amides is 1. The van der Waals surface area contributed by atoms with Crippen LogP contribution >= 0.6 is 0 Å². The summed E-state index contributed by atoms with van der Waals surface area (Å²) in [5.74, 6) is 1.54. The van der Waals surface area contributed by atoms with Gasteiger partial charge in [0, 0.05) is 18.4 Å². The van der Waals surface area contributed by atoms with Gasteiger partial charge in [-0.2, -0.15) is 0 Å². The molecule has 1 aliphatic carbocycles. The van der Waals surface area contributed by atoms with Crippen molar-refractivity contribution in [2.24, 2.45) is 0 Å². The highest BCUT2D eigenvalue weighted by Crippen LogP contribution is 2.40. The van der Waals surface area contributed by atoms with Gasteiger partial charge in [-0.3, -0.25) is 14.7 Å². The lowest BCUT2D eigenvalue weighted by molar-refractivity contribution is -0.122. The van der Waals surface area contributed by atoms with Crippen LogP contribution in [0.2, 0.25) is 0 Å². The number of nitrogens with zero attached hydrogens (tertiary/aromatic N) is 2. The van der Waals surface area contributed by atoms with E-state index < -0.39 is 0 Å². The van der Waals surface area contributed by atoms with E-state index >= 15 is 0 Å². The van der Waals surface area contributed by atoms with Crippen LogP contribution in [0.5, 0.6) is 5.75 Å².